The molecule has 0 aromatic heterocycles. The van der Waals surface area contributed by atoms with Gasteiger partial charge in [0, 0.05) is 37.1 Å². The molecule has 0 radical (unpaired) electrons. The molecule has 2 unspecified atom stereocenters. The third-order valence-corrected chi connectivity index (χ3v) is 5.60. The predicted molar refractivity (Wildman–Crippen MR) is 111 cm³/mol. The standard InChI is InChI=1S/C20H29Cl2N3O2/c1-3-4-10-23-20(27)15-6-5-14(2)25(13-15)11-9-19(26)24-18-12-16(21)7-8-17(18)22/h7-8,12,14-15H,3-6,9-11,13H2,1-2H3,(H,23,27)(H,24,26). The molecule has 2 amide bonds. The average Bonchev–Trinajstić information content (AvgIpc) is 2.64. The van der Waals surface area contributed by atoms with Crippen LogP contribution in [0.3, 0.4) is 0 Å². The molecule has 7 heteroatoms. The summed E-state index contributed by atoms with van der Waals surface area (Å²) in [7, 11) is 0. The van der Waals surface area contributed by atoms with Crippen LogP contribution in [-0.4, -0.2) is 42.4 Å². The molecule has 0 spiro atoms. The number of benzene rings is 1. The number of amides is 2. The Hall–Kier alpha value is -1.30. The van der Waals surface area contributed by atoms with Gasteiger partial charge in [-0.25, -0.2) is 0 Å². The van der Waals surface area contributed by atoms with Gasteiger partial charge in [-0.3, -0.25) is 14.5 Å². The van der Waals surface area contributed by atoms with Crippen molar-refractivity contribution in [1.29, 1.82) is 0 Å². The summed E-state index contributed by atoms with van der Waals surface area (Å²) in [5.74, 6) is 0.0277. The van der Waals surface area contributed by atoms with Gasteiger partial charge in [-0.05, 0) is 44.4 Å². The zero-order valence-corrected chi connectivity index (χ0v) is 17.6. The molecular weight excluding hydrogens is 385 g/mol. The van der Waals surface area contributed by atoms with Gasteiger partial charge in [-0.1, -0.05) is 36.5 Å². The Morgan fingerprint density at radius 2 is 2.04 bits per heavy atom. The molecule has 0 aliphatic carbocycles. The second kappa shape index (κ2) is 10.9. The lowest BCUT2D eigenvalue weighted by atomic mass is 9.92. The summed E-state index contributed by atoms with van der Waals surface area (Å²) < 4.78 is 0. The highest BCUT2D eigenvalue weighted by Gasteiger charge is 2.29. The monoisotopic (exact) mass is 413 g/mol. The highest BCUT2D eigenvalue weighted by molar-refractivity contribution is 6.35. The number of piperidine rings is 1. The molecule has 27 heavy (non-hydrogen) atoms. The number of nitrogens with one attached hydrogen (secondary N) is 2. The molecule has 1 aromatic rings. The SMILES string of the molecule is CCCCNC(=O)C1CCC(C)N(CCC(=O)Nc2cc(Cl)ccc2Cl)C1. The maximum Gasteiger partial charge on any atom is 0.225 e. The number of carbonyl (C=O) groups is 2. The first-order chi connectivity index (χ1) is 12.9. The fourth-order valence-corrected chi connectivity index (χ4v) is 3.63. The van der Waals surface area contributed by atoms with E-state index in [0.717, 1.165) is 32.2 Å². The van der Waals surface area contributed by atoms with E-state index in [1.807, 2.05) is 0 Å². The number of rotatable bonds is 8. The Balaban J connectivity index is 1.83. The smallest absolute Gasteiger partial charge is 0.225 e. The van der Waals surface area contributed by atoms with E-state index >= 15 is 0 Å². The van der Waals surface area contributed by atoms with Crippen LogP contribution in [0.5, 0.6) is 0 Å². The van der Waals surface area contributed by atoms with E-state index in [1.54, 1.807) is 18.2 Å². The number of nitrogens with zero attached hydrogens (tertiary/aromatic N) is 1. The van der Waals surface area contributed by atoms with E-state index in [0.29, 0.717) is 41.3 Å². The second-order valence-corrected chi connectivity index (χ2v) is 8.03. The van der Waals surface area contributed by atoms with Crippen molar-refractivity contribution in [3.8, 4) is 0 Å². The number of carbonyl (C=O) groups excluding carboxylic acids is 2. The summed E-state index contributed by atoms with van der Waals surface area (Å²) in [4.78, 5) is 26.9. The van der Waals surface area contributed by atoms with E-state index in [1.165, 1.54) is 0 Å². The van der Waals surface area contributed by atoms with Crippen molar-refractivity contribution in [3.05, 3.63) is 28.2 Å². The van der Waals surface area contributed by atoms with Gasteiger partial charge in [0.25, 0.3) is 0 Å². The molecule has 0 bridgehead atoms. The quantitative estimate of drug-likeness (QED) is 0.623. The fourth-order valence-electron chi connectivity index (χ4n) is 3.29. The van der Waals surface area contributed by atoms with Gasteiger partial charge < -0.3 is 10.6 Å². The van der Waals surface area contributed by atoms with E-state index in [4.69, 9.17) is 23.2 Å². The normalized spacial score (nSPS) is 20.3. The number of unbranched alkanes of at least 4 members (excludes halogenated alkanes) is 1. The maximum absolute atomic E-state index is 12.3. The van der Waals surface area contributed by atoms with Crippen molar-refractivity contribution in [2.24, 2.45) is 5.92 Å². The van der Waals surface area contributed by atoms with Gasteiger partial charge in [0.1, 0.15) is 0 Å². The van der Waals surface area contributed by atoms with Crippen LogP contribution in [0.2, 0.25) is 10.0 Å². The van der Waals surface area contributed by atoms with Crippen molar-refractivity contribution >= 4 is 40.7 Å². The number of hydrogen-bond acceptors (Lipinski definition) is 3. The Kier molecular flexibility index (Phi) is 8.87. The minimum absolute atomic E-state index is 0.00323. The molecule has 1 aliphatic heterocycles. The lowest BCUT2D eigenvalue weighted by Gasteiger charge is -2.37. The Morgan fingerprint density at radius 3 is 2.78 bits per heavy atom. The third-order valence-electron chi connectivity index (χ3n) is 5.04. The zero-order chi connectivity index (χ0) is 19.8. The molecule has 5 nitrogen and oxygen atoms in total. The lowest BCUT2D eigenvalue weighted by Crippen LogP contribution is -2.47. The number of anilines is 1. The summed E-state index contributed by atoms with van der Waals surface area (Å²) >= 11 is 12.0. The van der Waals surface area contributed by atoms with Crippen LogP contribution in [-0.2, 0) is 9.59 Å². The average molecular weight is 414 g/mol. The summed E-state index contributed by atoms with van der Waals surface area (Å²) in [6, 6.07) is 5.35. The number of halogens is 2. The van der Waals surface area contributed by atoms with Gasteiger partial charge in [-0.15, -0.1) is 0 Å². The van der Waals surface area contributed by atoms with Crippen LogP contribution in [0.15, 0.2) is 18.2 Å². The van der Waals surface area contributed by atoms with Gasteiger partial charge in [0.2, 0.25) is 11.8 Å². The number of hydrogen-bond donors (Lipinski definition) is 2. The summed E-state index contributed by atoms with van der Waals surface area (Å²) in [5.41, 5.74) is 0.522. The Labute approximate surface area is 171 Å². The van der Waals surface area contributed by atoms with Crippen molar-refractivity contribution in [1.82, 2.24) is 10.2 Å². The predicted octanol–water partition coefficient (Wildman–Crippen LogP) is 4.34. The highest BCUT2D eigenvalue weighted by Crippen LogP contribution is 2.26. The van der Waals surface area contributed by atoms with Crippen molar-refractivity contribution < 1.29 is 9.59 Å². The maximum atomic E-state index is 12.3. The van der Waals surface area contributed by atoms with Crippen molar-refractivity contribution in [2.45, 2.75) is 52.0 Å². The third kappa shape index (κ3) is 6.98. The second-order valence-electron chi connectivity index (χ2n) is 7.19. The Bertz CT molecular complexity index is 654. The molecule has 1 saturated heterocycles. The van der Waals surface area contributed by atoms with Crippen LogP contribution in [0, 0.1) is 5.92 Å². The first-order valence-corrected chi connectivity index (χ1v) is 10.4. The van der Waals surface area contributed by atoms with E-state index in [9.17, 15) is 9.59 Å². The largest absolute Gasteiger partial charge is 0.356 e. The van der Waals surface area contributed by atoms with E-state index in [2.05, 4.69) is 29.4 Å². The molecule has 2 N–H and O–H groups in total. The van der Waals surface area contributed by atoms with Crippen molar-refractivity contribution in [3.63, 3.8) is 0 Å². The van der Waals surface area contributed by atoms with Crippen LogP contribution in [0.25, 0.3) is 0 Å². The molecule has 2 rings (SSSR count). The molecule has 1 aliphatic rings. The first-order valence-electron chi connectivity index (χ1n) is 9.67. The first kappa shape index (κ1) is 22.0. The van der Waals surface area contributed by atoms with Gasteiger partial charge in [0.15, 0.2) is 0 Å². The van der Waals surface area contributed by atoms with Crippen LogP contribution >= 0.6 is 23.2 Å². The Morgan fingerprint density at radius 1 is 1.26 bits per heavy atom. The fraction of sp³-hybridized carbons (Fsp3) is 0.600. The van der Waals surface area contributed by atoms with Crippen LogP contribution in [0.4, 0.5) is 5.69 Å². The molecule has 150 valence electrons. The number of likely N-dealkylation sites (tertiary alicyclic amines) is 1. The summed E-state index contributed by atoms with van der Waals surface area (Å²) in [5, 5.41) is 6.82. The molecule has 0 saturated carbocycles. The molecule has 1 heterocycles. The highest BCUT2D eigenvalue weighted by atomic mass is 35.5. The van der Waals surface area contributed by atoms with Gasteiger partial charge >= 0.3 is 0 Å². The topological polar surface area (TPSA) is 61.4 Å². The zero-order valence-electron chi connectivity index (χ0n) is 16.1. The molecule has 1 fully saturated rings. The molecule has 2 atom stereocenters. The minimum atomic E-state index is -0.110. The summed E-state index contributed by atoms with van der Waals surface area (Å²) in [6.45, 7) is 6.31. The van der Waals surface area contributed by atoms with E-state index in [-0.39, 0.29) is 17.7 Å². The van der Waals surface area contributed by atoms with Crippen molar-refractivity contribution in [2.75, 3.05) is 25.0 Å². The molecular formula is C20H29Cl2N3O2. The van der Waals surface area contributed by atoms with E-state index < -0.39 is 0 Å². The van der Waals surface area contributed by atoms with Crippen LogP contribution < -0.4 is 10.6 Å². The van der Waals surface area contributed by atoms with Gasteiger partial charge in [-0.2, -0.15) is 0 Å². The lowest BCUT2D eigenvalue weighted by molar-refractivity contribution is -0.127. The van der Waals surface area contributed by atoms with Gasteiger partial charge in [0.05, 0.1) is 16.6 Å². The van der Waals surface area contributed by atoms with Crippen LogP contribution in [0.1, 0.15) is 46.0 Å². The summed E-state index contributed by atoms with van der Waals surface area (Å²) in [6.07, 6.45) is 4.29. The minimum Gasteiger partial charge on any atom is -0.356 e. The molecule has 1 aromatic carbocycles.